The van der Waals surface area contributed by atoms with Crippen molar-refractivity contribution < 1.29 is 19.1 Å². The number of methoxy groups -OCH3 is 2. The summed E-state index contributed by atoms with van der Waals surface area (Å²) in [5.41, 5.74) is 4.89. The van der Waals surface area contributed by atoms with Crippen LogP contribution in [-0.4, -0.2) is 49.8 Å². The highest BCUT2D eigenvalue weighted by atomic mass is 79.9. The van der Waals surface area contributed by atoms with Crippen LogP contribution in [0, 0.1) is 6.92 Å². The van der Waals surface area contributed by atoms with E-state index in [1.807, 2.05) is 74.4 Å². The smallest absolute Gasteiger partial charge is 0.337 e. The molecule has 8 heteroatoms. The topological polar surface area (TPSA) is 73.7 Å². The first-order chi connectivity index (χ1) is 15.8. The average Bonchev–Trinajstić information content (AvgIpc) is 3.35. The lowest BCUT2D eigenvalue weighted by molar-refractivity contribution is -0.146. The Labute approximate surface area is 200 Å². The van der Waals surface area contributed by atoms with Crippen molar-refractivity contribution in [2.75, 3.05) is 33.2 Å². The summed E-state index contributed by atoms with van der Waals surface area (Å²) < 4.78 is 13.0. The summed E-state index contributed by atoms with van der Waals surface area (Å²) in [5.74, 6) is -0.625. The van der Waals surface area contributed by atoms with E-state index in [1.54, 1.807) is 4.57 Å². The molecule has 0 aliphatic carbocycles. The number of esters is 2. The van der Waals surface area contributed by atoms with Crippen LogP contribution in [0.15, 0.2) is 58.6 Å². The summed E-state index contributed by atoms with van der Waals surface area (Å²) in [6.07, 6.45) is 0. The number of anilines is 1. The maximum atomic E-state index is 13.1. The van der Waals surface area contributed by atoms with Crippen molar-refractivity contribution in [2.24, 2.45) is 0 Å². The zero-order valence-corrected chi connectivity index (χ0v) is 20.6. The van der Waals surface area contributed by atoms with Crippen LogP contribution in [-0.2, 0) is 19.1 Å². The van der Waals surface area contributed by atoms with Gasteiger partial charge < -0.3 is 14.4 Å². The molecule has 1 unspecified atom stereocenters. The van der Waals surface area contributed by atoms with Gasteiger partial charge in [0.1, 0.15) is 0 Å². The molecule has 170 valence electrons. The second-order valence-corrected chi connectivity index (χ2v) is 8.87. The van der Waals surface area contributed by atoms with E-state index < -0.39 is 18.0 Å². The molecule has 4 rings (SSSR count). The van der Waals surface area contributed by atoms with Crippen LogP contribution in [0.5, 0.6) is 0 Å². The molecule has 2 aromatic carbocycles. The Morgan fingerprint density at radius 2 is 1.58 bits per heavy atom. The molecule has 0 radical (unpaired) electrons. The van der Waals surface area contributed by atoms with E-state index >= 15 is 0 Å². The summed E-state index contributed by atoms with van der Waals surface area (Å²) in [7, 11) is 6.31. The van der Waals surface area contributed by atoms with Crippen LogP contribution < -0.4 is 4.90 Å². The predicted octanol–water partition coefficient (Wildman–Crippen LogP) is 4.39. The number of carbonyl (C=O) groups is 2. The number of ether oxygens (including phenoxy) is 2. The van der Waals surface area contributed by atoms with E-state index in [0.29, 0.717) is 22.9 Å². The van der Waals surface area contributed by atoms with Crippen molar-refractivity contribution in [2.45, 2.75) is 13.0 Å². The van der Waals surface area contributed by atoms with Crippen LogP contribution >= 0.6 is 15.9 Å². The minimum absolute atomic E-state index is 0.229. The van der Waals surface area contributed by atoms with E-state index in [2.05, 4.69) is 15.9 Å². The molecule has 7 nitrogen and oxygen atoms in total. The van der Waals surface area contributed by atoms with Crippen molar-refractivity contribution >= 4 is 39.4 Å². The first-order valence-corrected chi connectivity index (χ1v) is 11.1. The number of aromatic nitrogens is 2. The van der Waals surface area contributed by atoms with Crippen LogP contribution in [0.4, 0.5) is 5.95 Å². The van der Waals surface area contributed by atoms with Crippen LogP contribution in [0.1, 0.15) is 22.9 Å². The first kappa shape index (κ1) is 22.8. The van der Waals surface area contributed by atoms with Gasteiger partial charge in [-0.05, 0) is 24.6 Å². The quantitative estimate of drug-likeness (QED) is 0.475. The fraction of sp³-hybridized carbons (Fsp3) is 0.240. The van der Waals surface area contributed by atoms with Crippen LogP contribution in [0.3, 0.4) is 0 Å². The number of halogens is 1. The molecular weight excluding hydrogens is 486 g/mol. The molecule has 1 aromatic heterocycles. The fourth-order valence-electron chi connectivity index (χ4n) is 4.09. The molecular formula is C25H24BrN3O4. The monoisotopic (exact) mass is 509 g/mol. The van der Waals surface area contributed by atoms with Gasteiger partial charge in [0.05, 0.1) is 31.2 Å². The molecule has 1 aliphatic heterocycles. The molecule has 0 N–H and O–H groups in total. The van der Waals surface area contributed by atoms with Crippen LogP contribution in [0.25, 0.3) is 16.8 Å². The zero-order chi connectivity index (χ0) is 23.9. The summed E-state index contributed by atoms with van der Waals surface area (Å²) >= 11 is 3.47. The number of fused-ring (bicyclic) bond motifs is 1. The molecule has 3 aromatic rings. The summed E-state index contributed by atoms with van der Waals surface area (Å²) in [6.45, 7) is 1.99. The number of imidazole rings is 1. The van der Waals surface area contributed by atoms with Gasteiger partial charge in [-0.3, -0.25) is 4.57 Å². The Morgan fingerprint density at radius 3 is 2.12 bits per heavy atom. The van der Waals surface area contributed by atoms with Crippen molar-refractivity contribution in [3.63, 3.8) is 0 Å². The van der Waals surface area contributed by atoms with Gasteiger partial charge in [0.2, 0.25) is 5.95 Å². The first-order valence-electron chi connectivity index (χ1n) is 10.3. The van der Waals surface area contributed by atoms with Crippen molar-refractivity contribution in [1.29, 1.82) is 0 Å². The van der Waals surface area contributed by atoms with E-state index in [4.69, 9.17) is 14.5 Å². The number of carbonyl (C=O) groups excluding carboxylic acids is 2. The molecule has 2 heterocycles. The van der Waals surface area contributed by atoms with E-state index in [9.17, 15) is 9.59 Å². The maximum Gasteiger partial charge on any atom is 0.337 e. The summed E-state index contributed by atoms with van der Waals surface area (Å²) in [5, 5.41) is 0. The summed E-state index contributed by atoms with van der Waals surface area (Å²) in [4.78, 5) is 32.9. The minimum Gasteiger partial charge on any atom is -0.467 e. The Morgan fingerprint density at radius 1 is 0.970 bits per heavy atom. The predicted molar refractivity (Wildman–Crippen MR) is 130 cm³/mol. The molecule has 0 fully saturated rings. The maximum absolute atomic E-state index is 13.1. The minimum atomic E-state index is -1.03. The van der Waals surface area contributed by atoms with Crippen molar-refractivity contribution in [1.82, 2.24) is 9.55 Å². The second-order valence-electron chi connectivity index (χ2n) is 7.95. The third-order valence-electron chi connectivity index (χ3n) is 5.62. The zero-order valence-electron chi connectivity index (χ0n) is 19.0. The number of benzene rings is 2. The Kier molecular flexibility index (Phi) is 6.12. The van der Waals surface area contributed by atoms with Gasteiger partial charge in [0.15, 0.2) is 6.04 Å². The van der Waals surface area contributed by atoms with Crippen molar-refractivity contribution in [3.8, 4) is 11.3 Å². The lowest BCUT2D eigenvalue weighted by Gasteiger charge is -2.19. The summed E-state index contributed by atoms with van der Waals surface area (Å²) in [6, 6.07) is 14.5. The molecule has 0 bridgehead atoms. The lowest BCUT2D eigenvalue weighted by atomic mass is 9.93. The highest BCUT2D eigenvalue weighted by Crippen LogP contribution is 2.48. The average molecular weight is 510 g/mol. The highest BCUT2D eigenvalue weighted by molar-refractivity contribution is 9.10. The highest BCUT2D eigenvalue weighted by Gasteiger charge is 2.45. The van der Waals surface area contributed by atoms with E-state index in [0.717, 1.165) is 21.2 Å². The van der Waals surface area contributed by atoms with Gasteiger partial charge in [0.25, 0.3) is 0 Å². The van der Waals surface area contributed by atoms with Gasteiger partial charge in [-0.2, -0.15) is 0 Å². The van der Waals surface area contributed by atoms with Gasteiger partial charge in [-0.1, -0.05) is 57.9 Å². The molecule has 0 spiro atoms. The number of rotatable bonds is 5. The molecule has 1 aliphatic rings. The second kappa shape index (κ2) is 8.86. The van der Waals surface area contributed by atoms with E-state index in [-0.39, 0.29) is 5.57 Å². The number of hydrogen-bond donors (Lipinski definition) is 0. The standard InChI is InChI=1S/C25H24BrN3O4/c1-14-6-8-15(9-7-14)18-19(23(30)32-4)22(24(31)33-5)29-21(18)20(27-25(29)28(2)3)16-10-12-17(26)13-11-16/h6-13,22H,1-5H3. The Bertz CT molecular complexity index is 1260. The molecule has 0 saturated heterocycles. The van der Waals surface area contributed by atoms with Gasteiger partial charge in [-0.25, -0.2) is 14.6 Å². The van der Waals surface area contributed by atoms with E-state index in [1.165, 1.54) is 14.2 Å². The van der Waals surface area contributed by atoms with Gasteiger partial charge in [-0.15, -0.1) is 0 Å². The number of nitrogens with zero attached hydrogens (tertiary/aromatic N) is 3. The molecule has 0 saturated carbocycles. The third kappa shape index (κ3) is 3.84. The Hall–Kier alpha value is -3.39. The van der Waals surface area contributed by atoms with Gasteiger partial charge >= 0.3 is 11.9 Å². The normalized spacial score (nSPS) is 14.8. The number of aryl methyl sites for hydroxylation is 1. The third-order valence-corrected chi connectivity index (χ3v) is 6.15. The molecule has 0 amide bonds. The number of hydrogen-bond acceptors (Lipinski definition) is 6. The fourth-order valence-corrected chi connectivity index (χ4v) is 4.36. The van der Waals surface area contributed by atoms with Crippen LogP contribution in [0.2, 0.25) is 0 Å². The van der Waals surface area contributed by atoms with Crippen molar-refractivity contribution in [3.05, 3.63) is 75.4 Å². The SMILES string of the molecule is COC(=O)C1=C(c2ccc(C)cc2)c2c(-c3ccc(Br)cc3)nc(N(C)C)n2C1C(=O)OC. The van der Waals surface area contributed by atoms with Gasteiger partial charge in [0, 0.05) is 29.7 Å². The molecule has 1 atom stereocenters. The lowest BCUT2D eigenvalue weighted by Crippen LogP contribution is -2.27. The Balaban J connectivity index is 2.13. The molecule has 33 heavy (non-hydrogen) atoms. The largest absolute Gasteiger partial charge is 0.467 e.